The van der Waals surface area contributed by atoms with Gasteiger partial charge in [0.15, 0.2) is 5.79 Å². The molecule has 5 nitrogen and oxygen atoms in total. The minimum atomic E-state index is -0.963. The van der Waals surface area contributed by atoms with Gasteiger partial charge in [0.1, 0.15) is 5.00 Å². The number of fused-ring (bicyclic) bond motifs is 1. The van der Waals surface area contributed by atoms with Gasteiger partial charge >= 0.3 is 5.97 Å². The molecular formula is C11H13NO4S. The molecule has 2 heterocycles. The molecule has 6 heteroatoms. The van der Waals surface area contributed by atoms with Crippen LogP contribution in [0, 0.1) is 0 Å². The number of carboxylic acid groups (broad SMARTS) is 1. The average Bonchev–Trinajstić information content (AvgIpc) is 2.82. The van der Waals surface area contributed by atoms with Gasteiger partial charge in [-0.2, -0.15) is 0 Å². The van der Waals surface area contributed by atoms with Gasteiger partial charge in [0, 0.05) is 17.7 Å². The molecular weight excluding hydrogens is 242 g/mol. The number of aryl methyl sites for hydroxylation is 1. The lowest BCUT2D eigenvalue weighted by molar-refractivity contribution is -0.163. The first kappa shape index (κ1) is 11.0. The van der Waals surface area contributed by atoms with Crippen LogP contribution in [0.1, 0.15) is 27.2 Å². The van der Waals surface area contributed by atoms with E-state index in [1.807, 2.05) is 0 Å². The third-order valence-electron chi connectivity index (χ3n) is 3.32. The van der Waals surface area contributed by atoms with Crippen molar-refractivity contribution in [2.45, 2.75) is 25.0 Å². The van der Waals surface area contributed by atoms with Crippen LogP contribution in [0.2, 0.25) is 0 Å². The van der Waals surface area contributed by atoms with Gasteiger partial charge in [0.2, 0.25) is 0 Å². The summed E-state index contributed by atoms with van der Waals surface area (Å²) in [6, 6.07) is 0. The molecule has 3 rings (SSSR count). The Morgan fingerprint density at radius 2 is 2.12 bits per heavy atom. The van der Waals surface area contributed by atoms with Crippen LogP contribution in [0.5, 0.6) is 0 Å². The van der Waals surface area contributed by atoms with Gasteiger partial charge in [0.25, 0.3) is 0 Å². The van der Waals surface area contributed by atoms with Crippen LogP contribution >= 0.6 is 11.3 Å². The Labute approximate surface area is 102 Å². The first-order valence-corrected chi connectivity index (χ1v) is 6.34. The lowest BCUT2D eigenvalue weighted by atomic mass is 9.90. The maximum Gasteiger partial charge on any atom is 0.338 e. The molecule has 92 valence electrons. The van der Waals surface area contributed by atoms with Gasteiger partial charge in [-0.05, 0) is 12.0 Å². The maximum atomic E-state index is 11.2. The molecule has 1 aliphatic heterocycles. The summed E-state index contributed by atoms with van der Waals surface area (Å²) in [5, 5.41) is 9.57. The number of carbonyl (C=O) groups is 1. The predicted molar refractivity (Wildman–Crippen MR) is 62.4 cm³/mol. The molecule has 0 amide bonds. The summed E-state index contributed by atoms with van der Waals surface area (Å²) in [4.78, 5) is 12.3. The number of anilines is 1. The number of rotatable bonds is 1. The molecule has 17 heavy (non-hydrogen) atoms. The molecule has 0 bridgehead atoms. The standard InChI is InChI=1S/C11H13NO4S/c12-9-8(10(13)14)6-5-11(15-3-4-16-11)2-1-7(6)17-9/h1-5,12H2,(H,13,14). The molecule has 0 saturated carbocycles. The van der Waals surface area contributed by atoms with Crippen LogP contribution in [-0.2, 0) is 22.3 Å². The fourth-order valence-corrected chi connectivity index (χ4v) is 3.64. The molecule has 1 saturated heterocycles. The molecule has 0 unspecified atom stereocenters. The second kappa shape index (κ2) is 3.69. The first-order valence-electron chi connectivity index (χ1n) is 5.52. The topological polar surface area (TPSA) is 81.8 Å². The van der Waals surface area contributed by atoms with Gasteiger partial charge in [-0.1, -0.05) is 0 Å². The Hall–Kier alpha value is -1.11. The van der Waals surface area contributed by atoms with E-state index in [0.29, 0.717) is 24.6 Å². The fourth-order valence-electron chi connectivity index (χ4n) is 2.56. The monoisotopic (exact) mass is 255 g/mol. The first-order chi connectivity index (χ1) is 8.11. The second-order valence-electron chi connectivity index (χ2n) is 4.33. The molecule has 2 aliphatic rings. The number of aromatic carboxylic acids is 1. The van der Waals surface area contributed by atoms with Crippen molar-refractivity contribution in [1.82, 2.24) is 0 Å². The second-order valence-corrected chi connectivity index (χ2v) is 5.47. The quantitative estimate of drug-likeness (QED) is 0.789. The number of thiophene rings is 1. The smallest absolute Gasteiger partial charge is 0.338 e. The summed E-state index contributed by atoms with van der Waals surface area (Å²) >= 11 is 1.37. The highest BCUT2D eigenvalue weighted by molar-refractivity contribution is 7.16. The summed E-state index contributed by atoms with van der Waals surface area (Å²) in [5.74, 6) is -1.57. The molecule has 0 atom stereocenters. The van der Waals surface area contributed by atoms with E-state index in [4.69, 9.17) is 15.2 Å². The molecule has 0 aromatic carbocycles. The highest BCUT2D eigenvalue weighted by Gasteiger charge is 2.42. The van der Waals surface area contributed by atoms with E-state index in [-0.39, 0.29) is 5.56 Å². The summed E-state index contributed by atoms with van der Waals surface area (Å²) < 4.78 is 11.3. The summed E-state index contributed by atoms with van der Waals surface area (Å²) in [7, 11) is 0. The van der Waals surface area contributed by atoms with E-state index in [2.05, 4.69) is 0 Å². The predicted octanol–water partition coefficient (Wildman–Crippen LogP) is 1.26. The van der Waals surface area contributed by atoms with Crippen LogP contribution in [0.3, 0.4) is 0 Å². The van der Waals surface area contributed by atoms with Gasteiger partial charge in [0.05, 0.1) is 18.8 Å². The number of hydrogen-bond acceptors (Lipinski definition) is 5. The molecule has 1 spiro atoms. The Morgan fingerprint density at radius 1 is 1.41 bits per heavy atom. The van der Waals surface area contributed by atoms with Crippen molar-refractivity contribution in [3.8, 4) is 0 Å². The van der Waals surface area contributed by atoms with Crippen molar-refractivity contribution in [2.75, 3.05) is 18.9 Å². The summed E-state index contributed by atoms with van der Waals surface area (Å²) in [6.07, 6.45) is 2.05. The van der Waals surface area contributed by atoms with Gasteiger partial charge < -0.3 is 20.3 Å². The lowest BCUT2D eigenvalue weighted by Crippen LogP contribution is -2.37. The highest BCUT2D eigenvalue weighted by atomic mass is 32.1. The minimum Gasteiger partial charge on any atom is -0.478 e. The molecule has 3 N–H and O–H groups in total. The normalized spacial score (nSPS) is 21.6. The Morgan fingerprint density at radius 3 is 2.76 bits per heavy atom. The Kier molecular flexibility index (Phi) is 2.39. The summed E-state index contributed by atoms with van der Waals surface area (Å²) in [5.41, 5.74) is 6.80. The van der Waals surface area contributed by atoms with Crippen molar-refractivity contribution in [1.29, 1.82) is 0 Å². The molecule has 0 radical (unpaired) electrons. The molecule has 1 aromatic heterocycles. The van der Waals surface area contributed by atoms with Gasteiger partial charge in [-0.3, -0.25) is 0 Å². The fraction of sp³-hybridized carbons (Fsp3) is 0.545. The van der Waals surface area contributed by atoms with E-state index >= 15 is 0 Å². The zero-order valence-electron chi connectivity index (χ0n) is 9.19. The number of hydrogen-bond donors (Lipinski definition) is 2. The van der Waals surface area contributed by atoms with Crippen LogP contribution in [0.4, 0.5) is 5.00 Å². The van der Waals surface area contributed by atoms with E-state index in [9.17, 15) is 9.90 Å². The lowest BCUT2D eigenvalue weighted by Gasteiger charge is -2.31. The van der Waals surface area contributed by atoms with Crippen molar-refractivity contribution < 1.29 is 19.4 Å². The average molecular weight is 255 g/mol. The minimum absolute atomic E-state index is 0.239. The van der Waals surface area contributed by atoms with Crippen molar-refractivity contribution in [3.05, 3.63) is 16.0 Å². The van der Waals surface area contributed by atoms with Crippen LogP contribution in [0.25, 0.3) is 0 Å². The highest BCUT2D eigenvalue weighted by Crippen LogP contribution is 2.42. The number of nitrogen functional groups attached to an aromatic ring is 1. The van der Waals surface area contributed by atoms with E-state index < -0.39 is 11.8 Å². The third kappa shape index (κ3) is 1.64. The largest absolute Gasteiger partial charge is 0.478 e. The van der Waals surface area contributed by atoms with Crippen LogP contribution in [-0.4, -0.2) is 30.1 Å². The van der Waals surface area contributed by atoms with Gasteiger partial charge in [-0.25, -0.2) is 4.79 Å². The zero-order valence-corrected chi connectivity index (χ0v) is 10.0. The third-order valence-corrected chi connectivity index (χ3v) is 4.45. The van der Waals surface area contributed by atoms with E-state index in [1.54, 1.807) is 0 Å². The van der Waals surface area contributed by atoms with E-state index in [1.165, 1.54) is 11.3 Å². The molecule has 1 aliphatic carbocycles. The summed E-state index contributed by atoms with van der Waals surface area (Å²) in [6.45, 7) is 1.16. The van der Waals surface area contributed by atoms with Crippen molar-refractivity contribution in [2.24, 2.45) is 0 Å². The maximum absolute atomic E-state index is 11.2. The van der Waals surface area contributed by atoms with Crippen molar-refractivity contribution >= 4 is 22.3 Å². The SMILES string of the molecule is Nc1sc2c(c1C(=O)O)CC1(CC2)OCCO1. The van der Waals surface area contributed by atoms with Gasteiger partial charge in [-0.15, -0.1) is 11.3 Å². The molecule has 1 aromatic rings. The number of ether oxygens (including phenoxy) is 2. The van der Waals surface area contributed by atoms with Crippen LogP contribution < -0.4 is 5.73 Å². The van der Waals surface area contributed by atoms with E-state index in [0.717, 1.165) is 23.3 Å². The van der Waals surface area contributed by atoms with Crippen LogP contribution in [0.15, 0.2) is 0 Å². The zero-order chi connectivity index (χ0) is 12.0. The Bertz CT molecular complexity index is 476. The number of nitrogens with two attached hydrogens (primary N) is 1. The number of carboxylic acids is 1. The molecule has 1 fully saturated rings. The van der Waals surface area contributed by atoms with Crippen molar-refractivity contribution in [3.63, 3.8) is 0 Å². The Balaban J connectivity index is 2.02.